The summed E-state index contributed by atoms with van der Waals surface area (Å²) >= 11 is 1.67. The van der Waals surface area contributed by atoms with E-state index in [0.29, 0.717) is 6.54 Å². The number of methoxy groups -OCH3 is 1. The molecule has 0 radical (unpaired) electrons. The van der Waals surface area contributed by atoms with Gasteiger partial charge in [0.25, 0.3) is 5.91 Å². The minimum atomic E-state index is -0.285. The smallest absolute Gasteiger partial charge is 0.255 e. The Morgan fingerprint density at radius 2 is 1.72 bits per heavy atom. The van der Waals surface area contributed by atoms with Gasteiger partial charge in [0.15, 0.2) is 5.16 Å². The van der Waals surface area contributed by atoms with Gasteiger partial charge in [0.2, 0.25) is 0 Å². The van der Waals surface area contributed by atoms with Crippen LogP contribution in [0.3, 0.4) is 0 Å². The van der Waals surface area contributed by atoms with Crippen LogP contribution in [0.4, 0.5) is 0 Å². The Balaban J connectivity index is 1.42. The average molecular weight is 593 g/mol. The predicted octanol–water partition coefficient (Wildman–Crippen LogP) is 7.12. The highest BCUT2D eigenvalue weighted by Gasteiger charge is 2.24. The van der Waals surface area contributed by atoms with Crippen molar-refractivity contribution in [1.29, 1.82) is 0 Å². The number of nitrogens with zero attached hydrogens (tertiary/aromatic N) is 3. The largest absolute Gasteiger partial charge is 0.507 e. The number of para-hydroxylation sites is 1. The maximum atomic E-state index is 12.7. The molecule has 5 rings (SSSR count). The number of benzene rings is 4. The van der Waals surface area contributed by atoms with Crippen LogP contribution < -0.4 is 10.1 Å². The Hall–Kier alpha value is -4.56. The van der Waals surface area contributed by atoms with Crippen molar-refractivity contribution in [3.63, 3.8) is 0 Å². The van der Waals surface area contributed by atoms with Crippen LogP contribution >= 0.6 is 11.8 Å². The number of thioether (sulfide) groups is 1. The molecule has 220 valence electrons. The maximum Gasteiger partial charge on any atom is 0.255 e. The number of aromatic nitrogens is 3. The molecule has 0 aliphatic heterocycles. The number of rotatable bonds is 13. The van der Waals surface area contributed by atoms with Gasteiger partial charge in [0.1, 0.15) is 17.3 Å². The molecule has 1 heterocycles. The van der Waals surface area contributed by atoms with Crippen LogP contribution in [-0.4, -0.2) is 39.4 Å². The standard InChI is InChI=1S/C35H36N4O3S/c1-25-12-6-7-15-28(25)24-43-35-38-37-33(39(35)29-17-10-18-30(23-29)42-2)27(22-26-13-4-3-5-14-26)16-11-21-36-34(41)31-19-8-9-20-32(31)40/h3-10,12-15,17-20,23,27,40H,11,16,21-22,24H2,1-2H3,(H,36,41). The lowest BCUT2D eigenvalue weighted by Gasteiger charge is -2.19. The highest BCUT2D eigenvalue weighted by Crippen LogP contribution is 2.33. The summed E-state index contributed by atoms with van der Waals surface area (Å²) in [5.41, 5.74) is 4.93. The Labute approximate surface area is 257 Å². The lowest BCUT2D eigenvalue weighted by molar-refractivity contribution is 0.0950. The Bertz CT molecular complexity index is 1650. The number of carbonyl (C=O) groups excluding carboxylic acids is 1. The van der Waals surface area contributed by atoms with Crippen LogP contribution in [0.1, 0.15) is 51.6 Å². The van der Waals surface area contributed by atoms with Crippen molar-refractivity contribution in [2.75, 3.05) is 13.7 Å². The second-order valence-corrected chi connectivity index (χ2v) is 11.3. The third-order valence-corrected chi connectivity index (χ3v) is 8.42. The fourth-order valence-corrected chi connectivity index (χ4v) is 6.11. The molecule has 1 unspecified atom stereocenters. The molecule has 4 aromatic carbocycles. The van der Waals surface area contributed by atoms with Crippen molar-refractivity contribution in [2.45, 2.75) is 43.0 Å². The molecule has 43 heavy (non-hydrogen) atoms. The first-order chi connectivity index (χ1) is 21.0. The summed E-state index contributed by atoms with van der Waals surface area (Å²) in [6.07, 6.45) is 2.28. The first-order valence-corrected chi connectivity index (χ1v) is 15.4. The Morgan fingerprint density at radius 3 is 2.51 bits per heavy atom. The molecule has 7 nitrogen and oxygen atoms in total. The van der Waals surface area contributed by atoms with Crippen molar-refractivity contribution < 1.29 is 14.6 Å². The summed E-state index contributed by atoms with van der Waals surface area (Å²) in [7, 11) is 1.67. The topological polar surface area (TPSA) is 89.3 Å². The van der Waals surface area contributed by atoms with Crippen molar-refractivity contribution in [2.24, 2.45) is 0 Å². The summed E-state index contributed by atoms with van der Waals surface area (Å²) in [6.45, 7) is 2.60. The number of ether oxygens (including phenoxy) is 1. The van der Waals surface area contributed by atoms with E-state index in [1.54, 1.807) is 37.1 Å². The number of hydrogen-bond acceptors (Lipinski definition) is 6. The zero-order valence-corrected chi connectivity index (χ0v) is 25.3. The Kier molecular flexibility index (Phi) is 10.1. The van der Waals surface area contributed by atoms with Crippen LogP contribution in [-0.2, 0) is 12.2 Å². The lowest BCUT2D eigenvalue weighted by atomic mass is 9.93. The molecule has 2 N–H and O–H groups in total. The zero-order chi connectivity index (χ0) is 30.0. The summed E-state index contributed by atoms with van der Waals surface area (Å²) in [6, 6.07) is 33.3. The average Bonchev–Trinajstić information content (AvgIpc) is 3.46. The van der Waals surface area contributed by atoms with Gasteiger partial charge in [-0.25, -0.2) is 0 Å². The van der Waals surface area contributed by atoms with E-state index in [4.69, 9.17) is 14.9 Å². The van der Waals surface area contributed by atoms with Crippen LogP contribution in [0.5, 0.6) is 11.5 Å². The minimum Gasteiger partial charge on any atom is -0.507 e. The molecule has 0 saturated heterocycles. The first kappa shape index (κ1) is 29.9. The van der Waals surface area contributed by atoms with E-state index in [0.717, 1.165) is 47.4 Å². The van der Waals surface area contributed by atoms with E-state index in [1.807, 2.05) is 24.3 Å². The molecule has 1 amide bonds. The van der Waals surface area contributed by atoms with Crippen molar-refractivity contribution >= 4 is 17.7 Å². The monoisotopic (exact) mass is 592 g/mol. The van der Waals surface area contributed by atoms with Crippen molar-refractivity contribution in [3.8, 4) is 17.2 Å². The van der Waals surface area contributed by atoms with E-state index in [9.17, 15) is 9.90 Å². The number of phenols is 1. The third kappa shape index (κ3) is 7.64. The summed E-state index contributed by atoms with van der Waals surface area (Å²) < 4.78 is 7.71. The van der Waals surface area contributed by atoms with Crippen LogP contribution in [0.25, 0.3) is 5.69 Å². The fourth-order valence-electron chi connectivity index (χ4n) is 5.08. The highest BCUT2D eigenvalue weighted by atomic mass is 32.2. The molecule has 1 aromatic heterocycles. The molecular formula is C35H36N4O3S. The van der Waals surface area contributed by atoms with Gasteiger partial charge in [-0.1, -0.05) is 84.6 Å². The summed E-state index contributed by atoms with van der Waals surface area (Å²) in [4.78, 5) is 12.7. The van der Waals surface area contributed by atoms with E-state index in [1.165, 1.54) is 22.8 Å². The molecule has 1 atom stereocenters. The van der Waals surface area contributed by atoms with Crippen molar-refractivity contribution in [3.05, 3.63) is 131 Å². The normalized spacial score (nSPS) is 11.7. The quantitative estimate of drug-likeness (QED) is 0.112. The second kappa shape index (κ2) is 14.6. The molecule has 0 bridgehead atoms. The van der Waals surface area contributed by atoms with Gasteiger partial charge in [-0.3, -0.25) is 9.36 Å². The SMILES string of the molecule is COc1cccc(-n2c(SCc3ccccc3C)nnc2C(CCCNC(=O)c2ccccc2O)Cc2ccccc2)c1. The second-order valence-electron chi connectivity index (χ2n) is 10.4. The van der Waals surface area contributed by atoms with Gasteiger partial charge < -0.3 is 15.2 Å². The zero-order valence-electron chi connectivity index (χ0n) is 24.4. The number of carbonyl (C=O) groups is 1. The number of phenolic OH excluding ortho intramolecular Hbond substituents is 1. The molecule has 5 aromatic rings. The molecule has 0 saturated carbocycles. The number of nitrogens with one attached hydrogen (secondary N) is 1. The summed E-state index contributed by atoms with van der Waals surface area (Å²) in [5, 5.41) is 23.3. The lowest BCUT2D eigenvalue weighted by Crippen LogP contribution is -2.25. The number of aryl methyl sites for hydroxylation is 1. The minimum absolute atomic E-state index is 0.0240. The van der Waals surface area contributed by atoms with E-state index < -0.39 is 0 Å². The van der Waals surface area contributed by atoms with Crippen molar-refractivity contribution in [1.82, 2.24) is 20.1 Å². The molecule has 0 fully saturated rings. The van der Waals surface area contributed by atoms with E-state index in [2.05, 4.69) is 71.4 Å². The molecule has 8 heteroatoms. The van der Waals surface area contributed by atoms with Gasteiger partial charge in [-0.05, 0) is 67.1 Å². The number of amides is 1. The van der Waals surface area contributed by atoms with Gasteiger partial charge in [-0.15, -0.1) is 10.2 Å². The van der Waals surface area contributed by atoms with E-state index >= 15 is 0 Å². The number of aromatic hydroxyl groups is 1. The van der Waals surface area contributed by atoms with Gasteiger partial charge >= 0.3 is 0 Å². The predicted molar refractivity (Wildman–Crippen MR) is 171 cm³/mol. The van der Waals surface area contributed by atoms with Crippen LogP contribution in [0, 0.1) is 6.92 Å². The van der Waals surface area contributed by atoms with Gasteiger partial charge in [0, 0.05) is 24.3 Å². The summed E-state index contributed by atoms with van der Waals surface area (Å²) in [5.74, 6) is 2.14. The van der Waals surface area contributed by atoms with E-state index in [-0.39, 0.29) is 23.1 Å². The Morgan fingerprint density at radius 1 is 0.953 bits per heavy atom. The maximum absolute atomic E-state index is 12.7. The molecule has 0 aliphatic rings. The van der Waals surface area contributed by atoms with Crippen LogP contribution in [0.2, 0.25) is 0 Å². The van der Waals surface area contributed by atoms with Gasteiger partial charge in [0.05, 0.1) is 18.4 Å². The fraction of sp³-hybridized carbons (Fsp3) is 0.229. The van der Waals surface area contributed by atoms with Gasteiger partial charge in [-0.2, -0.15) is 0 Å². The number of hydrogen-bond donors (Lipinski definition) is 2. The molecular weight excluding hydrogens is 556 g/mol. The highest BCUT2D eigenvalue weighted by molar-refractivity contribution is 7.98. The third-order valence-electron chi connectivity index (χ3n) is 7.44. The molecule has 0 aliphatic carbocycles. The molecule has 0 spiro atoms. The first-order valence-electron chi connectivity index (χ1n) is 14.4. The van der Waals surface area contributed by atoms with Crippen LogP contribution in [0.15, 0.2) is 108 Å².